The van der Waals surface area contributed by atoms with Gasteiger partial charge in [-0.3, -0.25) is 17.6 Å². The van der Waals surface area contributed by atoms with Crippen LogP contribution in [0.3, 0.4) is 0 Å². The van der Waals surface area contributed by atoms with Crippen LogP contribution in [-0.4, -0.2) is 22.4 Å². The van der Waals surface area contributed by atoms with Crippen LogP contribution in [0.15, 0.2) is 212 Å². The summed E-state index contributed by atoms with van der Waals surface area (Å²) in [6, 6.07) is 77.2. The van der Waals surface area contributed by atoms with Gasteiger partial charge in [0.15, 0.2) is 0 Å². The quantitative estimate of drug-likeness (QED) is 0.0378. The summed E-state index contributed by atoms with van der Waals surface area (Å²) in [6.45, 7) is 3.32. The maximum Gasteiger partial charge on any atom is 2.00 e. The van der Waals surface area contributed by atoms with Crippen molar-refractivity contribution in [3.8, 4) is 0 Å². The zero-order valence-corrected chi connectivity index (χ0v) is 49.5. The standard InChI is InChI=1S/C18H15P.2C12H11P.2C6F5.C5H12O2.Ag.Pd.Pt/c1-4-10-16(11-5-1)19(17-12-6-2-7-13-17)18-14-8-3-9-15-18;2*1-3-7-11(8-4-1)13-12-9-5-2-6-10-12;2*7-2-1-3(8)5(10)6(11)4(2)9;1-4(6)3-5(2)7;;;/h1-15H;2*1-10,13H;;;4-7H,3H2,1-2H3;;;/q;;;2*-1;;;;+2/p+3. The summed E-state index contributed by atoms with van der Waals surface area (Å²) in [5.41, 5.74) is 0. The third kappa shape index (κ3) is 25.9. The van der Waals surface area contributed by atoms with E-state index < -0.39 is 66.1 Å². The molecule has 0 aromatic heterocycles. The molecule has 18 heteroatoms. The first-order chi connectivity index (χ1) is 35.5. The first kappa shape index (κ1) is 70.6. The Balaban J connectivity index is 0.000000469. The van der Waals surface area contributed by atoms with E-state index in [9.17, 15) is 43.9 Å². The van der Waals surface area contributed by atoms with E-state index in [1.54, 1.807) is 13.8 Å². The van der Waals surface area contributed by atoms with Gasteiger partial charge in [-0.25, -0.2) is 26.3 Å². The maximum atomic E-state index is 12.0. The van der Waals surface area contributed by atoms with Gasteiger partial charge in [0, 0.05) is 42.8 Å². The van der Waals surface area contributed by atoms with Gasteiger partial charge in [0.2, 0.25) is 0 Å². The van der Waals surface area contributed by atoms with Gasteiger partial charge in [-0.15, -0.1) is 12.1 Å². The Morgan fingerprint density at radius 2 is 0.532 bits per heavy atom. The molecule has 9 rings (SSSR count). The van der Waals surface area contributed by atoms with Crippen molar-refractivity contribution in [2.45, 2.75) is 32.5 Å². The minimum Gasteiger partial charge on any atom is -0.393 e. The largest absolute Gasteiger partial charge is 2.00 e. The molecule has 0 amide bonds. The number of aliphatic hydroxyl groups excluding tert-OH is 2. The van der Waals surface area contributed by atoms with Crippen molar-refractivity contribution in [3.63, 3.8) is 0 Å². The average Bonchev–Trinajstić information content (AvgIpc) is 3.41. The van der Waals surface area contributed by atoms with Crippen LogP contribution in [0.25, 0.3) is 0 Å². The summed E-state index contributed by atoms with van der Waals surface area (Å²) in [6.07, 6.45) is -0.278. The van der Waals surface area contributed by atoms with E-state index in [4.69, 9.17) is 10.2 Å². The predicted octanol–water partition coefficient (Wildman–Crippen LogP) is 11.8. The summed E-state index contributed by atoms with van der Waals surface area (Å²) in [5, 5.41) is 27.2. The summed E-state index contributed by atoms with van der Waals surface area (Å²) in [7, 11) is -0.335. The van der Waals surface area contributed by atoms with E-state index in [1.807, 2.05) is 0 Å². The Bertz CT molecular complexity index is 2630. The SMILES string of the molecule is CC(O)CC(C)O.Fc1[c-]c(F)c(F)c(F)c1F.Fc1[c-]c(F)c(F)c(F)c1F.[Ag].[Pd].[Pt+2].c1ccc([PH+](c2ccccc2)c2ccccc2)cc1.c1ccc([PH2+]c2ccccc2)cc1.c1ccc([PH2+]c2ccccc2)cc1. The zero-order chi connectivity index (χ0) is 53.8. The van der Waals surface area contributed by atoms with Gasteiger partial charge in [0.05, 0.1) is 117 Å². The second-order valence-electron chi connectivity index (χ2n) is 15.7. The van der Waals surface area contributed by atoms with Gasteiger partial charge < -0.3 is 10.2 Å². The number of halogens is 10. The Morgan fingerprint density at radius 1 is 0.351 bits per heavy atom. The van der Waals surface area contributed by atoms with Gasteiger partial charge in [0.25, 0.3) is 0 Å². The van der Waals surface area contributed by atoms with Gasteiger partial charge in [0.1, 0.15) is 15.9 Å². The first-order valence-electron chi connectivity index (χ1n) is 22.7. The summed E-state index contributed by atoms with van der Waals surface area (Å²) in [5.74, 6) is -20.1. The van der Waals surface area contributed by atoms with Crippen molar-refractivity contribution in [3.05, 3.63) is 283 Å². The maximum absolute atomic E-state index is 12.0. The van der Waals surface area contributed by atoms with Crippen molar-refractivity contribution in [1.29, 1.82) is 0 Å². The normalized spacial score (nSPS) is 10.6. The zero-order valence-electron chi connectivity index (χ0n) is 40.8. The monoisotopic (exact) mass is 1480 g/mol. The third-order valence-corrected chi connectivity index (χ3v) is 15.3. The molecule has 0 aliphatic rings. The second-order valence-corrected chi connectivity index (χ2v) is 21.5. The van der Waals surface area contributed by atoms with Gasteiger partial charge in [-0.2, -0.15) is 0 Å². The van der Waals surface area contributed by atoms with Crippen molar-refractivity contribution >= 4 is 62.2 Å². The van der Waals surface area contributed by atoms with Crippen LogP contribution in [-0.2, 0) is 63.9 Å². The molecule has 9 aromatic carbocycles. The Hall–Kier alpha value is -4.42. The molecular formula is C59H52AgF10O2P3PdPt+3. The molecule has 0 spiro atoms. The molecule has 0 saturated heterocycles. The van der Waals surface area contributed by atoms with Crippen molar-refractivity contribution in [2.75, 3.05) is 0 Å². The van der Waals surface area contributed by atoms with Crippen LogP contribution in [0.4, 0.5) is 43.9 Å². The minimum absolute atomic E-state index is 0. The number of benzene rings is 9. The molecule has 0 heterocycles. The van der Waals surface area contributed by atoms with Crippen molar-refractivity contribution < 1.29 is 118 Å². The fourth-order valence-electron chi connectivity index (χ4n) is 6.38. The molecule has 2 nitrogen and oxygen atoms in total. The average molecular weight is 1490 g/mol. The van der Waals surface area contributed by atoms with Crippen molar-refractivity contribution in [2.24, 2.45) is 0 Å². The topological polar surface area (TPSA) is 40.5 Å². The third-order valence-electron chi connectivity index (χ3n) is 9.72. The van der Waals surface area contributed by atoms with Gasteiger partial charge in [-0.1, -0.05) is 127 Å². The minimum atomic E-state index is -2.17. The van der Waals surface area contributed by atoms with Gasteiger partial charge >= 0.3 is 21.1 Å². The number of rotatable bonds is 9. The van der Waals surface area contributed by atoms with E-state index in [0.717, 1.165) is 12.1 Å². The summed E-state index contributed by atoms with van der Waals surface area (Å²) < 4.78 is 120. The molecular weight excluding hydrogens is 1430 g/mol. The molecule has 2 unspecified atom stereocenters. The fraction of sp³-hybridized carbons (Fsp3) is 0.0847. The Morgan fingerprint density at radius 3 is 0.701 bits per heavy atom. The summed E-state index contributed by atoms with van der Waals surface area (Å²) in [4.78, 5) is 0. The fourth-order valence-corrected chi connectivity index (χ4v) is 11.4. The van der Waals surface area contributed by atoms with Crippen LogP contribution < -0.4 is 37.1 Å². The molecule has 1 radical (unpaired) electrons. The van der Waals surface area contributed by atoms with Crippen molar-refractivity contribution in [1.82, 2.24) is 0 Å². The van der Waals surface area contributed by atoms with E-state index in [-0.39, 0.29) is 93.2 Å². The molecule has 0 bridgehead atoms. The Labute approximate surface area is 491 Å². The molecule has 2 N–H and O–H groups in total. The Kier molecular flexibility index (Phi) is 35.8. The van der Waals surface area contributed by atoms with E-state index in [2.05, 4.69) is 212 Å². The molecule has 0 aliphatic carbocycles. The van der Waals surface area contributed by atoms with E-state index in [0.29, 0.717) is 6.42 Å². The number of hydrogen-bond acceptors (Lipinski definition) is 2. The molecule has 0 fully saturated rings. The van der Waals surface area contributed by atoms with Crippen LogP contribution in [0.1, 0.15) is 20.3 Å². The van der Waals surface area contributed by atoms with E-state index in [1.165, 1.54) is 37.1 Å². The first-order valence-corrected chi connectivity index (χ1v) is 26.5. The molecule has 0 saturated carbocycles. The van der Waals surface area contributed by atoms with Crippen LogP contribution >= 0.6 is 25.1 Å². The second kappa shape index (κ2) is 39.0. The molecule has 9 aromatic rings. The van der Waals surface area contributed by atoms with E-state index >= 15 is 0 Å². The molecule has 0 aliphatic heterocycles. The van der Waals surface area contributed by atoms with Crippen LogP contribution in [0.2, 0.25) is 0 Å². The number of hydrogen-bond donors (Lipinski definition) is 2. The van der Waals surface area contributed by atoms with Gasteiger partial charge in [-0.05, 0) is 105 Å². The van der Waals surface area contributed by atoms with Crippen LogP contribution in [0.5, 0.6) is 0 Å². The smallest absolute Gasteiger partial charge is 0.393 e. The predicted molar refractivity (Wildman–Crippen MR) is 288 cm³/mol. The van der Waals surface area contributed by atoms with Crippen LogP contribution in [0, 0.1) is 70.3 Å². The molecule has 413 valence electrons. The number of aliphatic hydroxyl groups is 2. The molecule has 2 atom stereocenters. The molecule has 77 heavy (non-hydrogen) atoms. The summed E-state index contributed by atoms with van der Waals surface area (Å²) >= 11 is 0.